The van der Waals surface area contributed by atoms with Crippen molar-refractivity contribution in [2.24, 2.45) is 35.7 Å². The van der Waals surface area contributed by atoms with E-state index in [1.54, 1.807) is 0 Å². The number of carbonyl (C=O) groups is 2. The van der Waals surface area contributed by atoms with Crippen LogP contribution in [0.4, 0.5) is 0 Å². The van der Waals surface area contributed by atoms with Crippen LogP contribution in [0.2, 0.25) is 0 Å². The van der Waals surface area contributed by atoms with Crippen LogP contribution in [0.3, 0.4) is 0 Å². The molecule has 52 heavy (non-hydrogen) atoms. The van der Waals surface area contributed by atoms with Crippen molar-refractivity contribution in [1.29, 1.82) is 0 Å². The summed E-state index contributed by atoms with van der Waals surface area (Å²) in [4.78, 5) is 44.3. The second-order valence-electron chi connectivity index (χ2n) is 15.7. The summed E-state index contributed by atoms with van der Waals surface area (Å²) in [5, 5.41) is 4.45. The van der Waals surface area contributed by atoms with E-state index in [2.05, 4.69) is 98.1 Å². The molecule has 2 saturated heterocycles. The Morgan fingerprint density at radius 1 is 0.731 bits per heavy atom. The molecular weight excluding hydrogens is 647 g/mol. The van der Waals surface area contributed by atoms with Gasteiger partial charge in [-0.3, -0.25) is 19.3 Å². The summed E-state index contributed by atoms with van der Waals surface area (Å²) in [6.07, 6.45) is 8.31. The normalized spacial score (nSPS) is 20.4. The number of nitrogens with zero attached hydrogens (tertiary/aromatic N) is 6. The number of imidazole rings is 1. The maximum Gasteiger partial charge on any atom is 0.226 e. The van der Waals surface area contributed by atoms with Crippen LogP contribution >= 0.6 is 0 Å². The van der Waals surface area contributed by atoms with Crippen molar-refractivity contribution in [2.75, 3.05) is 13.1 Å². The molecule has 3 aliphatic heterocycles. The van der Waals surface area contributed by atoms with E-state index in [0.717, 1.165) is 96.1 Å². The first-order valence-corrected chi connectivity index (χ1v) is 19.2. The standard InChI is InChI=1S/C43H53N7O2/c1-26(2)28(5)42(51)49-22-8-10-37(49)35-24-34(40(46-35)38-20-21-45-48(38)7)32-16-12-30(13-17-32)31-14-18-33(19-15-31)36-25-44-41(47-36)39-11-9-23-50(39)43(52)29(6)27(3)4/h12-21,25-29,37,39H,8-11,22-24H2,1-7H3,(H,44,47)/t28?,29-,37-,39-/m0/s1. The van der Waals surface area contributed by atoms with Gasteiger partial charge in [0.15, 0.2) is 0 Å². The van der Waals surface area contributed by atoms with E-state index in [0.29, 0.717) is 11.8 Å². The zero-order chi connectivity index (χ0) is 36.7. The Morgan fingerprint density at radius 2 is 1.27 bits per heavy atom. The first-order chi connectivity index (χ1) is 25.0. The average Bonchev–Trinajstić information content (AvgIpc) is 4.00. The fourth-order valence-corrected chi connectivity index (χ4v) is 7.91. The summed E-state index contributed by atoms with van der Waals surface area (Å²) in [5.41, 5.74) is 9.60. The van der Waals surface area contributed by atoms with Gasteiger partial charge >= 0.3 is 0 Å². The SMILES string of the molecule is CC(C)C(C)C(=O)N1CCC[C@H]1C1=NC(c2ccnn2C)=C(c2ccc(-c3ccc(-c4cnc([C@@H]5CCCN5C(=O)[C@@H](C)C(C)C)[nH]4)cc3)cc2)C1. The molecule has 1 N–H and O–H groups in total. The highest BCUT2D eigenvalue weighted by molar-refractivity contribution is 6.12. The van der Waals surface area contributed by atoms with Crippen molar-refractivity contribution in [3.8, 4) is 22.4 Å². The topological polar surface area (TPSA) is 99.5 Å². The predicted octanol–water partition coefficient (Wildman–Crippen LogP) is 8.43. The van der Waals surface area contributed by atoms with E-state index in [9.17, 15) is 9.59 Å². The lowest BCUT2D eigenvalue weighted by Gasteiger charge is -2.29. The Morgan fingerprint density at radius 3 is 1.83 bits per heavy atom. The van der Waals surface area contributed by atoms with E-state index in [-0.39, 0.29) is 35.7 Å². The molecule has 1 unspecified atom stereocenters. The minimum Gasteiger partial charge on any atom is -0.340 e. The monoisotopic (exact) mass is 699 g/mol. The summed E-state index contributed by atoms with van der Waals surface area (Å²) in [5.74, 6) is 1.93. The number of likely N-dealkylation sites (tertiary alicyclic amines) is 2. The van der Waals surface area contributed by atoms with E-state index in [4.69, 9.17) is 9.98 Å². The quantitative estimate of drug-likeness (QED) is 0.180. The Hall–Kier alpha value is -4.79. The average molecular weight is 700 g/mol. The Balaban J connectivity index is 1.08. The molecule has 4 aromatic rings. The molecule has 2 fully saturated rings. The largest absolute Gasteiger partial charge is 0.340 e. The molecule has 7 rings (SSSR count). The molecule has 272 valence electrons. The highest BCUT2D eigenvalue weighted by Gasteiger charge is 2.38. The summed E-state index contributed by atoms with van der Waals surface area (Å²) in [6.45, 7) is 14.1. The number of carbonyl (C=O) groups excluding carboxylic acids is 2. The minimum absolute atomic E-state index is 0.00127. The summed E-state index contributed by atoms with van der Waals surface area (Å²) >= 11 is 0. The van der Waals surface area contributed by atoms with Crippen molar-refractivity contribution in [3.05, 3.63) is 84.1 Å². The summed E-state index contributed by atoms with van der Waals surface area (Å²) in [6, 6.07) is 19.4. The van der Waals surface area contributed by atoms with Crippen LogP contribution in [0, 0.1) is 23.7 Å². The number of allylic oxidation sites excluding steroid dienone is 1. The number of H-pyrrole nitrogens is 1. The first-order valence-electron chi connectivity index (χ1n) is 19.2. The molecule has 5 heterocycles. The molecule has 0 aliphatic carbocycles. The van der Waals surface area contributed by atoms with Crippen LogP contribution in [0.25, 0.3) is 33.7 Å². The molecule has 0 spiro atoms. The third-order valence-electron chi connectivity index (χ3n) is 11.9. The molecule has 9 nitrogen and oxygen atoms in total. The lowest BCUT2D eigenvalue weighted by Crippen LogP contribution is -2.43. The smallest absolute Gasteiger partial charge is 0.226 e. The first kappa shape index (κ1) is 35.6. The van der Waals surface area contributed by atoms with Gasteiger partial charge in [-0.1, -0.05) is 90.1 Å². The highest BCUT2D eigenvalue weighted by Crippen LogP contribution is 2.40. The third-order valence-corrected chi connectivity index (χ3v) is 11.9. The van der Waals surface area contributed by atoms with Crippen LogP contribution in [-0.2, 0) is 16.6 Å². The van der Waals surface area contributed by atoms with E-state index >= 15 is 0 Å². The van der Waals surface area contributed by atoms with Gasteiger partial charge in [0.2, 0.25) is 11.8 Å². The number of aromatic amines is 1. The molecule has 2 aromatic carbocycles. The summed E-state index contributed by atoms with van der Waals surface area (Å²) < 4.78 is 1.88. The minimum atomic E-state index is -0.0107. The lowest BCUT2D eigenvalue weighted by atomic mass is 9.93. The van der Waals surface area contributed by atoms with E-state index < -0.39 is 0 Å². The molecule has 9 heteroatoms. The van der Waals surface area contributed by atoms with Crippen LogP contribution in [0.1, 0.15) is 96.8 Å². The number of hydrogen-bond acceptors (Lipinski definition) is 5. The van der Waals surface area contributed by atoms with Gasteiger partial charge in [-0.2, -0.15) is 5.10 Å². The fraction of sp³-hybridized carbons (Fsp3) is 0.465. The van der Waals surface area contributed by atoms with Crippen LogP contribution in [-0.4, -0.2) is 66.2 Å². The molecule has 0 radical (unpaired) electrons. The van der Waals surface area contributed by atoms with E-state index in [1.807, 2.05) is 42.0 Å². The van der Waals surface area contributed by atoms with Gasteiger partial charge in [-0.05, 0) is 71.4 Å². The van der Waals surface area contributed by atoms with Crippen LogP contribution in [0.15, 0.2) is 72.0 Å². The molecule has 4 atom stereocenters. The second kappa shape index (κ2) is 14.7. The van der Waals surface area contributed by atoms with Crippen molar-refractivity contribution in [1.82, 2.24) is 29.5 Å². The number of nitrogens with one attached hydrogen (secondary N) is 1. The summed E-state index contributed by atoms with van der Waals surface area (Å²) in [7, 11) is 1.96. The molecular formula is C43H53N7O2. The Labute approximate surface area is 308 Å². The van der Waals surface area contributed by atoms with Crippen LogP contribution in [0.5, 0.6) is 0 Å². The molecule has 2 amide bonds. The number of rotatable bonds is 10. The zero-order valence-corrected chi connectivity index (χ0v) is 31.8. The molecule has 0 saturated carbocycles. The van der Waals surface area contributed by atoms with Gasteiger partial charge in [0.25, 0.3) is 0 Å². The number of aryl methyl sites for hydroxylation is 1. The van der Waals surface area contributed by atoms with Crippen molar-refractivity contribution in [3.63, 3.8) is 0 Å². The van der Waals surface area contributed by atoms with Crippen molar-refractivity contribution in [2.45, 2.75) is 85.7 Å². The Kier molecular flexibility index (Phi) is 10.1. The fourth-order valence-electron chi connectivity index (χ4n) is 7.91. The van der Waals surface area contributed by atoms with Gasteiger partial charge in [-0.15, -0.1) is 0 Å². The Bertz CT molecular complexity index is 1980. The van der Waals surface area contributed by atoms with Gasteiger partial charge in [0.1, 0.15) is 5.82 Å². The predicted molar refractivity (Wildman–Crippen MR) is 208 cm³/mol. The second-order valence-corrected chi connectivity index (χ2v) is 15.7. The van der Waals surface area contributed by atoms with Gasteiger partial charge < -0.3 is 14.8 Å². The van der Waals surface area contributed by atoms with Gasteiger partial charge in [-0.25, -0.2) is 4.98 Å². The van der Waals surface area contributed by atoms with Crippen LogP contribution < -0.4 is 0 Å². The van der Waals surface area contributed by atoms with Gasteiger partial charge in [0.05, 0.1) is 35.4 Å². The van der Waals surface area contributed by atoms with Crippen molar-refractivity contribution < 1.29 is 9.59 Å². The molecule has 0 bridgehead atoms. The number of amides is 2. The van der Waals surface area contributed by atoms with E-state index in [1.165, 1.54) is 5.57 Å². The number of aromatic nitrogens is 4. The lowest BCUT2D eigenvalue weighted by molar-refractivity contribution is -0.137. The number of aliphatic imine (C=N–C) groups is 1. The molecule has 2 aromatic heterocycles. The maximum absolute atomic E-state index is 13.5. The van der Waals surface area contributed by atoms with Gasteiger partial charge in [0, 0.05) is 50.3 Å². The highest BCUT2D eigenvalue weighted by atomic mass is 16.2. The number of hydrogen-bond donors (Lipinski definition) is 1. The maximum atomic E-state index is 13.5. The zero-order valence-electron chi connectivity index (χ0n) is 31.8. The number of benzene rings is 2. The molecule has 3 aliphatic rings. The third kappa shape index (κ3) is 6.77. The van der Waals surface area contributed by atoms with Crippen molar-refractivity contribution >= 4 is 28.8 Å².